The van der Waals surface area contributed by atoms with Gasteiger partial charge in [0.15, 0.2) is 5.78 Å². The van der Waals surface area contributed by atoms with Crippen LogP contribution in [0.4, 0.5) is 0 Å². The van der Waals surface area contributed by atoms with Crippen LogP contribution in [0.2, 0.25) is 0 Å². The normalized spacial score (nSPS) is 18.0. The zero-order valence-electron chi connectivity index (χ0n) is 12.2. The molecule has 1 aromatic heterocycles. The van der Waals surface area contributed by atoms with Crippen molar-refractivity contribution in [3.63, 3.8) is 0 Å². The fraction of sp³-hybridized carbons (Fsp3) is 0.625. The molecule has 0 amide bonds. The molecule has 1 saturated carbocycles. The maximum atomic E-state index is 12.3. The lowest BCUT2D eigenvalue weighted by molar-refractivity contribution is 0.0534. The summed E-state index contributed by atoms with van der Waals surface area (Å²) >= 11 is 0. The molecule has 4 nitrogen and oxygen atoms in total. The molecule has 0 aromatic carbocycles. The van der Waals surface area contributed by atoms with Crippen LogP contribution in [0, 0.1) is 5.92 Å². The highest BCUT2D eigenvalue weighted by Crippen LogP contribution is 2.28. The molecule has 4 heteroatoms. The van der Waals surface area contributed by atoms with E-state index in [4.69, 9.17) is 4.74 Å². The minimum absolute atomic E-state index is 0.0328. The molecule has 0 bridgehead atoms. The number of aliphatic hydroxyl groups excluding tert-OH is 1. The van der Waals surface area contributed by atoms with E-state index in [1.807, 2.05) is 13.8 Å². The van der Waals surface area contributed by atoms with Crippen LogP contribution in [-0.2, 0) is 0 Å². The first-order chi connectivity index (χ1) is 9.58. The standard InChI is InChI=1S/C16H23NO3/c1-11(2)20-14-8-13(9-17-10-14)16(19)15(18)12-6-4-3-5-7-12/h8-12,15,18H,3-7H2,1-2H3. The third kappa shape index (κ3) is 3.79. The van der Waals surface area contributed by atoms with E-state index in [2.05, 4.69) is 4.98 Å². The van der Waals surface area contributed by atoms with E-state index in [0.717, 1.165) is 25.7 Å². The van der Waals surface area contributed by atoms with Crippen LogP contribution >= 0.6 is 0 Å². The van der Waals surface area contributed by atoms with E-state index in [1.54, 1.807) is 12.3 Å². The Kier molecular flexibility index (Phi) is 5.12. The Morgan fingerprint density at radius 3 is 2.65 bits per heavy atom. The Balaban J connectivity index is 2.07. The van der Waals surface area contributed by atoms with Gasteiger partial charge in [-0.25, -0.2) is 0 Å². The van der Waals surface area contributed by atoms with Crippen LogP contribution in [0.3, 0.4) is 0 Å². The van der Waals surface area contributed by atoms with Gasteiger partial charge in [0.2, 0.25) is 0 Å². The third-order valence-corrected chi connectivity index (χ3v) is 3.73. The van der Waals surface area contributed by atoms with Crippen molar-refractivity contribution in [2.45, 2.75) is 58.2 Å². The third-order valence-electron chi connectivity index (χ3n) is 3.73. The van der Waals surface area contributed by atoms with Crippen molar-refractivity contribution in [1.29, 1.82) is 0 Å². The predicted octanol–water partition coefficient (Wildman–Crippen LogP) is 2.99. The van der Waals surface area contributed by atoms with E-state index in [9.17, 15) is 9.90 Å². The number of carbonyl (C=O) groups is 1. The van der Waals surface area contributed by atoms with Gasteiger partial charge in [-0.15, -0.1) is 0 Å². The first kappa shape index (κ1) is 15.0. The summed E-state index contributed by atoms with van der Waals surface area (Å²) in [5.74, 6) is 0.422. The molecule has 1 aliphatic rings. The zero-order chi connectivity index (χ0) is 14.5. The molecule has 0 aliphatic heterocycles. The smallest absolute Gasteiger partial charge is 0.193 e. The van der Waals surface area contributed by atoms with E-state index >= 15 is 0 Å². The van der Waals surface area contributed by atoms with Gasteiger partial charge in [-0.3, -0.25) is 9.78 Å². The second-order valence-corrected chi connectivity index (χ2v) is 5.78. The number of ketones is 1. The van der Waals surface area contributed by atoms with Gasteiger partial charge in [-0.2, -0.15) is 0 Å². The number of hydrogen-bond donors (Lipinski definition) is 1. The molecule has 1 atom stereocenters. The molecule has 2 rings (SSSR count). The number of pyridine rings is 1. The van der Waals surface area contributed by atoms with E-state index in [-0.39, 0.29) is 17.8 Å². The number of hydrogen-bond acceptors (Lipinski definition) is 4. The molecule has 0 saturated heterocycles. The van der Waals surface area contributed by atoms with Gasteiger partial charge in [0.1, 0.15) is 11.9 Å². The van der Waals surface area contributed by atoms with E-state index < -0.39 is 6.10 Å². The Morgan fingerprint density at radius 1 is 1.30 bits per heavy atom. The van der Waals surface area contributed by atoms with Crippen LogP contribution in [0.1, 0.15) is 56.3 Å². The largest absolute Gasteiger partial charge is 0.489 e. The highest BCUT2D eigenvalue weighted by atomic mass is 16.5. The molecular formula is C16H23NO3. The second-order valence-electron chi connectivity index (χ2n) is 5.78. The molecule has 1 heterocycles. The Bertz CT molecular complexity index is 453. The van der Waals surface area contributed by atoms with E-state index in [1.165, 1.54) is 12.6 Å². The first-order valence-corrected chi connectivity index (χ1v) is 7.42. The van der Waals surface area contributed by atoms with Gasteiger partial charge in [0.05, 0.1) is 12.3 Å². The minimum atomic E-state index is -0.911. The predicted molar refractivity (Wildman–Crippen MR) is 76.9 cm³/mol. The summed E-state index contributed by atoms with van der Waals surface area (Å²) in [4.78, 5) is 16.4. The molecule has 0 radical (unpaired) electrons. The molecule has 20 heavy (non-hydrogen) atoms. The maximum absolute atomic E-state index is 12.3. The number of aliphatic hydroxyl groups is 1. The molecule has 1 unspecified atom stereocenters. The van der Waals surface area contributed by atoms with Crippen molar-refractivity contribution in [3.05, 3.63) is 24.0 Å². The number of nitrogens with zero attached hydrogens (tertiary/aromatic N) is 1. The first-order valence-electron chi connectivity index (χ1n) is 7.42. The van der Waals surface area contributed by atoms with Crippen molar-refractivity contribution in [2.75, 3.05) is 0 Å². The number of aromatic nitrogens is 1. The number of ether oxygens (including phenoxy) is 1. The monoisotopic (exact) mass is 277 g/mol. The van der Waals surface area contributed by atoms with Gasteiger partial charge < -0.3 is 9.84 Å². The van der Waals surface area contributed by atoms with Crippen LogP contribution < -0.4 is 4.74 Å². The van der Waals surface area contributed by atoms with Gasteiger partial charge in [0.25, 0.3) is 0 Å². The van der Waals surface area contributed by atoms with Gasteiger partial charge in [0, 0.05) is 11.8 Å². The molecule has 0 spiro atoms. The van der Waals surface area contributed by atoms with Crippen molar-refractivity contribution in [2.24, 2.45) is 5.92 Å². The van der Waals surface area contributed by atoms with Gasteiger partial charge in [-0.05, 0) is 38.7 Å². The van der Waals surface area contributed by atoms with Crippen LogP contribution in [-0.4, -0.2) is 28.1 Å². The minimum Gasteiger partial charge on any atom is -0.489 e. The molecular weight excluding hydrogens is 254 g/mol. The lowest BCUT2D eigenvalue weighted by Gasteiger charge is -2.25. The summed E-state index contributed by atoms with van der Waals surface area (Å²) in [6.45, 7) is 3.84. The lowest BCUT2D eigenvalue weighted by atomic mass is 9.83. The molecule has 1 aliphatic carbocycles. The quantitative estimate of drug-likeness (QED) is 0.841. The summed E-state index contributed by atoms with van der Waals surface area (Å²) < 4.78 is 5.53. The molecule has 1 N–H and O–H groups in total. The summed E-state index contributed by atoms with van der Waals surface area (Å²) in [6, 6.07) is 1.67. The summed E-state index contributed by atoms with van der Waals surface area (Å²) in [7, 11) is 0. The fourth-order valence-corrected chi connectivity index (χ4v) is 2.72. The van der Waals surface area contributed by atoms with Crippen LogP contribution in [0.15, 0.2) is 18.5 Å². The Hall–Kier alpha value is -1.42. The molecule has 1 fully saturated rings. The van der Waals surface area contributed by atoms with E-state index in [0.29, 0.717) is 11.3 Å². The zero-order valence-corrected chi connectivity index (χ0v) is 12.2. The van der Waals surface area contributed by atoms with Crippen molar-refractivity contribution >= 4 is 5.78 Å². The summed E-state index contributed by atoms with van der Waals surface area (Å²) in [6.07, 6.45) is 7.48. The van der Waals surface area contributed by atoms with Gasteiger partial charge >= 0.3 is 0 Å². The lowest BCUT2D eigenvalue weighted by Crippen LogP contribution is -2.31. The molecule has 110 valence electrons. The summed E-state index contributed by atoms with van der Waals surface area (Å²) in [5, 5.41) is 10.3. The van der Waals surface area contributed by atoms with Crippen LogP contribution in [0.25, 0.3) is 0 Å². The topological polar surface area (TPSA) is 59.4 Å². The number of rotatable bonds is 5. The molecule has 1 aromatic rings. The van der Waals surface area contributed by atoms with Crippen molar-refractivity contribution in [3.8, 4) is 5.75 Å². The van der Waals surface area contributed by atoms with Crippen LogP contribution in [0.5, 0.6) is 5.75 Å². The van der Waals surface area contributed by atoms with Crippen molar-refractivity contribution < 1.29 is 14.6 Å². The second kappa shape index (κ2) is 6.84. The summed E-state index contributed by atoms with van der Waals surface area (Å²) in [5.41, 5.74) is 0.432. The highest BCUT2D eigenvalue weighted by Gasteiger charge is 2.28. The number of carbonyl (C=O) groups excluding carboxylic acids is 1. The fourth-order valence-electron chi connectivity index (χ4n) is 2.72. The van der Waals surface area contributed by atoms with Gasteiger partial charge in [-0.1, -0.05) is 19.3 Å². The maximum Gasteiger partial charge on any atom is 0.193 e. The Labute approximate surface area is 120 Å². The SMILES string of the molecule is CC(C)Oc1cncc(C(=O)C(O)C2CCCCC2)c1. The number of Topliss-reactive ketones (excluding diaryl/α,β-unsaturated/α-hetero) is 1. The van der Waals surface area contributed by atoms with Crippen molar-refractivity contribution in [1.82, 2.24) is 4.98 Å². The highest BCUT2D eigenvalue weighted by molar-refractivity contribution is 5.99. The average Bonchev–Trinajstić information content (AvgIpc) is 2.46. The average molecular weight is 277 g/mol. The Morgan fingerprint density at radius 2 is 2.00 bits per heavy atom.